The van der Waals surface area contributed by atoms with Crippen molar-refractivity contribution in [3.8, 4) is 0 Å². The van der Waals surface area contributed by atoms with Gasteiger partial charge in [0.15, 0.2) is 6.10 Å². The van der Waals surface area contributed by atoms with E-state index in [1.807, 2.05) is 30.3 Å². The van der Waals surface area contributed by atoms with Crippen LogP contribution in [0, 0.1) is 0 Å². The molecular formula is C12H14N4O2. The summed E-state index contributed by atoms with van der Waals surface area (Å²) in [7, 11) is 3.20. The number of methoxy groups -OCH3 is 1. The summed E-state index contributed by atoms with van der Waals surface area (Å²) >= 11 is 0. The summed E-state index contributed by atoms with van der Waals surface area (Å²) in [4.78, 5) is 16.0. The zero-order valence-electron chi connectivity index (χ0n) is 10.2. The first-order valence-corrected chi connectivity index (χ1v) is 5.45. The smallest absolute Gasteiger partial charge is 0.260 e. The average Bonchev–Trinajstić information content (AvgIpc) is 2.77. The number of hydrogen-bond acceptors (Lipinski definition) is 4. The molecule has 2 rings (SSSR count). The summed E-state index contributed by atoms with van der Waals surface area (Å²) in [5.41, 5.74) is 0.791. The molecule has 0 bridgehead atoms. The van der Waals surface area contributed by atoms with E-state index in [9.17, 15) is 4.79 Å². The van der Waals surface area contributed by atoms with E-state index in [-0.39, 0.29) is 5.91 Å². The predicted octanol–water partition coefficient (Wildman–Crippen LogP) is 1.14. The number of aromatic nitrogens is 3. The molecule has 94 valence electrons. The van der Waals surface area contributed by atoms with Gasteiger partial charge in [-0.2, -0.15) is 10.1 Å². The summed E-state index contributed by atoms with van der Waals surface area (Å²) in [5.74, 6) is 0.109. The first-order valence-electron chi connectivity index (χ1n) is 5.45. The molecule has 6 nitrogen and oxygen atoms in total. The van der Waals surface area contributed by atoms with Crippen molar-refractivity contribution in [2.24, 2.45) is 7.05 Å². The lowest BCUT2D eigenvalue weighted by molar-refractivity contribution is -0.126. The Morgan fingerprint density at radius 3 is 2.67 bits per heavy atom. The highest BCUT2D eigenvalue weighted by Crippen LogP contribution is 2.17. The van der Waals surface area contributed by atoms with Crippen LogP contribution in [0.1, 0.15) is 11.7 Å². The highest BCUT2D eigenvalue weighted by atomic mass is 16.5. The molecule has 6 heteroatoms. The van der Waals surface area contributed by atoms with Crippen LogP contribution < -0.4 is 5.32 Å². The van der Waals surface area contributed by atoms with Crippen LogP contribution in [0.5, 0.6) is 0 Å². The molecule has 1 aromatic heterocycles. The summed E-state index contributed by atoms with van der Waals surface area (Å²) in [5, 5.41) is 6.54. The standard InChI is InChI=1S/C12H14N4O2/c1-16-12(13-8-14-16)15-11(17)10(18-2)9-6-4-3-5-7-9/h3-8,10H,1-2H3,(H,13,14,15,17). The molecule has 1 unspecified atom stereocenters. The number of amides is 1. The van der Waals surface area contributed by atoms with Gasteiger partial charge in [-0.15, -0.1) is 0 Å². The second-order valence-corrected chi connectivity index (χ2v) is 3.72. The maximum absolute atomic E-state index is 12.1. The lowest BCUT2D eigenvalue weighted by Crippen LogP contribution is -2.24. The summed E-state index contributed by atoms with van der Waals surface area (Å²) < 4.78 is 6.70. The molecule has 0 aliphatic carbocycles. The third-order valence-electron chi connectivity index (χ3n) is 2.52. The van der Waals surface area contributed by atoms with E-state index in [0.29, 0.717) is 5.95 Å². The number of anilines is 1. The van der Waals surface area contributed by atoms with Crippen molar-refractivity contribution < 1.29 is 9.53 Å². The number of carbonyl (C=O) groups is 1. The first-order chi connectivity index (χ1) is 8.72. The Kier molecular flexibility index (Phi) is 3.69. The van der Waals surface area contributed by atoms with E-state index in [2.05, 4.69) is 15.4 Å². The Hall–Kier alpha value is -2.21. The predicted molar refractivity (Wildman–Crippen MR) is 65.8 cm³/mol. The lowest BCUT2D eigenvalue weighted by atomic mass is 10.1. The minimum absolute atomic E-state index is 0.278. The highest BCUT2D eigenvalue weighted by Gasteiger charge is 2.21. The van der Waals surface area contributed by atoms with Crippen LogP contribution in [0.4, 0.5) is 5.95 Å². The summed E-state index contributed by atoms with van der Waals surface area (Å²) in [6, 6.07) is 9.28. The van der Waals surface area contributed by atoms with Gasteiger partial charge in [0.1, 0.15) is 6.33 Å². The van der Waals surface area contributed by atoms with Gasteiger partial charge >= 0.3 is 0 Å². The minimum Gasteiger partial charge on any atom is -0.367 e. The molecule has 0 aliphatic heterocycles. The lowest BCUT2D eigenvalue weighted by Gasteiger charge is -2.14. The normalized spacial score (nSPS) is 12.1. The van der Waals surface area contributed by atoms with E-state index >= 15 is 0 Å². The number of ether oxygens (including phenoxy) is 1. The SMILES string of the molecule is COC(C(=O)Nc1ncnn1C)c1ccccc1. The third kappa shape index (κ3) is 2.54. The van der Waals surface area contributed by atoms with Gasteiger partial charge in [-0.25, -0.2) is 4.68 Å². The van der Waals surface area contributed by atoms with Gasteiger partial charge in [0.05, 0.1) is 0 Å². The number of benzene rings is 1. The zero-order valence-corrected chi connectivity index (χ0v) is 10.2. The summed E-state index contributed by atoms with van der Waals surface area (Å²) in [6.45, 7) is 0. The fourth-order valence-electron chi connectivity index (χ4n) is 1.61. The van der Waals surface area contributed by atoms with E-state index < -0.39 is 6.10 Å². The first kappa shape index (κ1) is 12.3. The van der Waals surface area contributed by atoms with Crippen LogP contribution in [0.15, 0.2) is 36.7 Å². The van der Waals surface area contributed by atoms with Crippen LogP contribution in [-0.2, 0) is 16.6 Å². The Morgan fingerprint density at radius 1 is 1.39 bits per heavy atom. The van der Waals surface area contributed by atoms with E-state index in [4.69, 9.17) is 4.74 Å². The van der Waals surface area contributed by atoms with Gasteiger partial charge in [0.2, 0.25) is 5.95 Å². The Balaban J connectivity index is 2.14. The molecule has 18 heavy (non-hydrogen) atoms. The van der Waals surface area contributed by atoms with Crippen LogP contribution in [0.3, 0.4) is 0 Å². The minimum atomic E-state index is -0.664. The second kappa shape index (κ2) is 5.42. The van der Waals surface area contributed by atoms with Gasteiger partial charge in [0, 0.05) is 14.2 Å². The number of carbonyl (C=O) groups excluding carboxylic acids is 1. The van der Waals surface area contributed by atoms with Gasteiger partial charge in [0.25, 0.3) is 5.91 Å². The zero-order chi connectivity index (χ0) is 13.0. The molecule has 0 saturated heterocycles. The van der Waals surface area contributed by atoms with Crippen molar-refractivity contribution >= 4 is 11.9 Å². The Morgan fingerprint density at radius 2 is 2.11 bits per heavy atom. The van der Waals surface area contributed by atoms with E-state index in [1.165, 1.54) is 18.1 Å². The molecule has 1 N–H and O–H groups in total. The monoisotopic (exact) mass is 246 g/mol. The van der Waals surface area contributed by atoms with Crippen molar-refractivity contribution in [2.75, 3.05) is 12.4 Å². The van der Waals surface area contributed by atoms with Crippen molar-refractivity contribution in [3.63, 3.8) is 0 Å². The van der Waals surface area contributed by atoms with Crippen LogP contribution in [-0.4, -0.2) is 27.8 Å². The van der Waals surface area contributed by atoms with Crippen LogP contribution in [0.25, 0.3) is 0 Å². The molecule has 0 saturated carbocycles. The molecule has 1 heterocycles. The van der Waals surface area contributed by atoms with Crippen LogP contribution >= 0.6 is 0 Å². The van der Waals surface area contributed by atoms with Gasteiger partial charge in [-0.3, -0.25) is 10.1 Å². The molecule has 1 amide bonds. The average molecular weight is 246 g/mol. The Bertz CT molecular complexity index is 524. The van der Waals surface area contributed by atoms with Crippen molar-refractivity contribution in [3.05, 3.63) is 42.2 Å². The second-order valence-electron chi connectivity index (χ2n) is 3.72. The van der Waals surface area contributed by atoms with Gasteiger partial charge in [-0.1, -0.05) is 30.3 Å². The van der Waals surface area contributed by atoms with E-state index in [1.54, 1.807) is 7.05 Å². The maximum Gasteiger partial charge on any atom is 0.260 e. The van der Waals surface area contributed by atoms with Crippen molar-refractivity contribution in [1.29, 1.82) is 0 Å². The molecule has 1 aromatic carbocycles. The number of hydrogen-bond donors (Lipinski definition) is 1. The number of aryl methyl sites for hydroxylation is 1. The molecule has 0 spiro atoms. The van der Waals surface area contributed by atoms with Gasteiger partial charge < -0.3 is 4.74 Å². The molecule has 1 atom stereocenters. The number of rotatable bonds is 4. The summed E-state index contributed by atoms with van der Waals surface area (Å²) in [6.07, 6.45) is 0.711. The number of nitrogens with zero attached hydrogens (tertiary/aromatic N) is 3. The quantitative estimate of drug-likeness (QED) is 0.878. The third-order valence-corrected chi connectivity index (χ3v) is 2.52. The van der Waals surface area contributed by atoms with Gasteiger partial charge in [-0.05, 0) is 5.56 Å². The van der Waals surface area contributed by atoms with E-state index in [0.717, 1.165) is 5.56 Å². The molecule has 0 radical (unpaired) electrons. The topological polar surface area (TPSA) is 69.0 Å². The fraction of sp³-hybridized carbons (Fsp3) is 0.250. The van der Waals surface area contributed by atoms with Crippen molar-refractivity contribution in [2.45, 2.75) is 6.10 Å². The maximum atomic E-state index is 12.1. The van der Waals surface area contributed by atoms with Crippen molar-refractivity contribution in [1.82, 2.24) is 14.8 Å². The molecule has 2 aromatic rings. The molecule has 0 fully saturated rings. The number of nitrogens with one attached hydrogen (secondary N) is 1. The largest absolute Gasteiger partial charge is 0.367 e. The Labute approximate surface area is 105 Å². The molecular weight excluding hydrogens is 232 g/mol. The van der Waals surface area contributed by atoms with Crippen LogP contribution in [0.2, 0.25) is 0 Å². The highest BCUT2D eigenvalue weighted by molar-refractivity contribution is 5.93. The fourth-order valence-corrected chi connectivity index (χ4v) is 1.61. The molecule has 0 aliphatic rings.